The number of amides is 1. The second-order valence-electron chi connectivity index (χ2n) is 5.24. The third-order valence-corrected chi connectivity index (χ3v) is 5.74. The summed E-state index contributed by atoms with van der Waals surface area (Å²) in [6.45, 7) is 1.81. The van der Waals surface area contributed by atoms with Crippen molar-refractivity contribution in [3.63, 3.8) is 0 Å². The van der Waals surface area contributed by atoms with Gasteiger partial charge >= 0.3 is 0 Å². The van der Waals surface area contributed by atoms with E-state index in [0.717, 1.165) is 29.9 Å². The quantitative estimate of drug-likeness (QED) is 0.506. The number of benzene rings is 1. The molecule has 0 saturated carbocycles. The standard InChI is InChI=1S/C15H15N3O3S2/c1-9(22-11-7-5-10(6-8-11)18(20)21)14(19)17-15-16-12-3-2-4-13(12)23-15/h5-9H,2-4H2,1H3,(H,16,17,19)/t9-/m1/s1. The van der Waals surface area contributed by atoms with Crippen LogP contribution in [0.1, 0.15) is 23.9 Å². The molecule has 1 N–H and O–H groups in total. The average Bonchev–Trinajstić information content (AvgIpc) is 3.08. The molecule has 0 radical (unpaired) electrons. The van der Waals surface area contributed by atoms with Crippen LogP contribution in [0.3, 0.4) is 0 Å². The topological polar surface area (TPSA) is 85.1 Å². The Morgan fingerprint density at radius 3 is 2.78 bits per heavy atom. The number of hydrogen-bond acceptors (Lipinski definition) is 6. The molecule has 0 unspecified atom stereocenters. The zero-order valence-corrected chi connectivity index (χ0v) is 14.1. The van der Waals surface area contributed by atoms with Crippen LogP contribution in [0.15, 0.2) is 29.2 Å². The van der Waals surface area contributed by atoms with Crippen molar-refractivity contribution >= 4 is 39.8 Å². The van der Waals surface area contributed by atoms with Gasteiger partial charge < -0.3 is 5.32 Å². The average molecular weight is 349 g/mol. The number of anilines is 1. The van der Waals surface area contributed by atoms with Crippen LogP contribution in [0.2, 0.25) is 0 Å². The van der Waals surface area contributed by atoms with Crippen LogP contribution in [0.25, 0.3) is 0 Å². The first-order valence-electron chi connectivity index (χ1n) is 7.23. The summed E-state index contributed by atoms with van der Waals surface area (Å²) in [6, 6.07) is 6.20. The number of aryl methyl sites for hydroxylation is 2. The maximum absolute atomic E-state index is 12.2. The molecule has 1 aliphatic carbocycles. The minimum Gasteiger partial charge on any atom is -0.301 e. The highest BCUT2D eigenvalue weighted by atomic mass is 32.2. The molecule has 8 heteroatoms. The number of thiazole rings is 1. The fourth-order valence-electron chi connectivity index (χ4n) is 2.35. The van der Waals surface area contributed by atoms with E-state index >= 15 is 0 Å². The van der Waals surface area contributed by atoms with Crippen molar-refractivity contribution in [3.05, 3.63) is 45.0 Å². The lowest BCUT2D eigenvalue weighted by atomic mass is 10.3. The molecule has 1 aliphatic rings. The Hall–Kier alpha value is -1.93. The molecular weight excluding hydrogens is 334 g/mol. The first-order chi connectivity index (χ1) is 11.0. The highest BCUT2D eigenvalue weighted by Gasteiger charge is 2.20. The van der Waals surface area contributed by atoms with Crippen molar-refractivity contribution in [1.29, 1.82) is 0 Å². The number of non-ortho nitro benzene ring substituents is 1. The van der Waals surface area contributed by atoms with E-state index in [1.165, 1.54) is 28.8 Å². The number of aromatic nitrogens is 1. The summed E-state index contributed by atoms with van der Waals surface area (Å²) in [5, 5.41) is 13.8. The fourth-order valence-corrected chi connectivity index (χ4v) is 4.28. The molecule has 23 heavy (non-hydrogen) atoms. The zero-order chi connectivity index (χ0) is 16.4. The molecule has 0 aliphatic heterocycles. The van der Waals surface area contributed by atoms with E-state index in [1.54, 1.807) is 23.5 Å². The predicted octanol–water partition coefficient (Wildman–Crippen LogP) is 3.66. The van der Waals surface area contributed by atoms with Gasteiger partial charge in [0.1, 0.15) is 0 Å². The van der Waals surface area contributed by atoms with Crippen LogP contribution in [-0.2, 0) is 17.6 Å². The van der Waals surface area contributed by atoms with Crippen LogP contribution in [0.5, 0.6) is 0 Å². The van der Waals surface area contributed by atoms with Gasteiger partial charge in [0.15, 0.2) is 5.13 Å². The monoisotopic (exact) mass is 349 g/mol. The number of thioether (sulfide) groups is 1. The Balaban J connectivity index is 1.59. The van der Waals surface area contributed by atoms with Crippen LogP contribution in [0, 0.1) is 10.1 Å². The van der Waals surface area contributed by atoms with Gasteiger partial charge in [-0.05, 0) is 38.3 Å². The summed E-state index contributed by atoms with van der Waals surface area (Å²) < 4.78 is 0. The van der Waals surface area contributed by atoms with Crippen LogP contribution in [0.4, 0.5) is 10.8 Å². The van der Waals surface area contributed by atoms with Gasteiger partial charge in [0.05, 0.1) is 15.9 Å². The second kappa shape index (κ2) is 6.67. The summed E-state index contributed by atoms with van der Waals surface area (Å²) in [7, 11) is 0. The highest BCUT2D eigenvalue weighted by Crippen LogP contribution is 2.31. The van der Waals surface area contributed by atoms with E-state index in [0.29, 0.717) is 5.13 Å². The molecule has 6 nitrogen and oxygen atoms in total. The first kappa shape index (κ1) is 15.9. The molecule has 1 aromatic heterocycles. The van der Waals surface area contributed by atoms with E-state index in [9.17, 15) is 14.9 Å². The molecule has 1 aromatic carbocycles. The van der Waals surface area contributed by atoms with E-state index in [1.807, 2.05) is 6.92 Å². The van der Waals surface area contributed by atoms with Crippen molar-refractivity contribution in [2.24, 2.45) is 0 Å². The lowest BCUT2D eigenvalue weighted by Crippen LogP contribution is -2.22. The number of fused-ring (bicyclic) bond motifs is 1. The number of carbonyl (C=O) groups is 1. The van der Waals surface area contributed by atoms with Gasteiger partial charge in [-0.2, -0.15) is 0 Å². The van der Waals surface area contributed by atoms with Gasteiger partial charge in [0.25, 0.3) is 5.69 Å². The Bertz CT molecular complexity index is 721. The van der Waals surface area contributed by atoms with Gasteiger partial charge in [0.2, 0.25) is 5.91 Å². The van der Waals surface area contributed by atoms with Gasteiger partial charge in [0, 0.05) is 21.9 Å². The molecular formula is C15H15N3O3S2. The minimum absolute atomic E-state index is 0.0451. The molecule has 0 spiro atoms. The van der Waals surface area contributed by atoms with E-state index in [2.05, 4.69) is 10.3 Å². The minimum atomic E-state index is -0.438. The van der Waals surface area contributed by atoms with Crippen LogP contribution in [-0.4, -0.2) is 21.1 Å². The predicted molar refractivity (Wildman–Crippen MR) is 91.2 cm³/mol. The number of nitro benzene ring substituents is 1. The van der Waals surface area contributed by atoms with Crippen LogP contribution < -0.4 is 5.32 Å². The summed E-state index contributed by atoms with van der Waals surface area (Å²) in [6.07, 6.45) is 3.19. The van der Waals surface area contributed by atoms with Crippen molar-refractivity contribution < 1.29 is 9.72 Å². The molecule has 0 bridgehead atoms. The van der Waals surface area contributed by atoms with Crippen molar-refractivity contribution in [3.8, 4) is 0 Å². The Labute approximate surface area is 141 Å². The maximum atomic E-state index is 12.2. The molecule has 3 rings (SSSR count). The van der Waals surface area contributed by atoms with E-state index in [-0.39, 0.29) is 16.8 Å². The Kier molecular flexibility index (Phi) is 4.63. The number of hydrogen-bond donors (Lipinski definition) is 1. The molecule has 0 saturated heterocycles. The summed E-state index contributed by atoms with van der Waals surface area (Å²) in [4.78, 5) is 29.0. The molecule has 1 heterocycles. The molecule has 120 valence electrons. The number of nitrogens with zero attached hydrogens (tertiary/aromatic N) is 2. The van der Waals surface area contributed by atoms with Gasteiger partial charge in [-0.15, -0.1) is 23.1 Å². The van der Waals surface area contributed by atoms with Crippen molar-refractivity contribution in [2.75, 3.05) is 5.32 Å². The SMILES string of the molecule is C[C@@H](Sc1ccc([N+](=O)[O-])cc1)C(=O)Nc1nc2c(s1)CCC2. The maximum Gasteiger partial charge on any atom is 0.269 e. The summed E-state index contributed by atoms with van der Waals surface area (Å²) >= 11 is 2.92. The Morgan fingerprint density at radius 1 is 1.39 bits per heavy atom. The smallest absolute Gasteiger partial charge is 0.269 e. The molecule has 1 atom stereocenters. The molecule has 1 amide bonds. The van der Waals surface area contributed by atoms with E-state index in [4.69, 9.17) is 0 Å². The number of nitrogens with one attached hydrogen (secondary N) is 1. The zero-order valence-electron chi connectivity index (χ0n) is 12.4. The first-order valence-corrected chi connectivity index (χ1v) is 8.93. The number of rotatable bonds is 5. The summed E-state index contributed by atoms with van der Waals surface area (Å²) in [5.74, 6) is -0.110. The molecule has 0 fully saturated rings. The normalized spacial score (nSPS) is 14.3. The lowest BCUT2D eigenvalue weighted by molar-refractivity contribution is -0.384. The number of nitro groups is 1. The summed E-state index contributed by atoms with van der Waals surface area (Å²) in [5.41, 5.74) is 1.16. The van der Waals surface area contributed by atoms with Gasteiger partial charge in [-0.3, -0.25) is 14.9 Å². The van der Waals surface area contributed by atoms with Gasteiger partial charge in [-0.25, -0.2) is 4.98 Å². The lowest BCUT2D eigenvalue weighted by Gasteiger charge is -2.10. The van der Waals surface area contributed by atoms with E-state index < -0.39 is 4.92 Å². The van der Waals surface area contributed by atoms with Gasteiger partial charge in [-0.1, -0.05) is 0 Å². The third-order valence-electron chi connectivity index (χ3n) is 3.56. The van der Waals surface area contributed by atoms with Crippen molar-refractivity contribution in [2.45, 2.75) is 36.3 Å². The number of carbonyl (C=O) groups excluding carboxylic acids is 1. The second-order valence-corrected chi connectivity index (χ2v) is 7.74. The highest BCUT2D eigenvalue weighted by molar-refractivity contribution is 8.00. The van der Waals surface area contributed by atoms with Crippen molar-refractivity contribution in [1.82, 2.24) is 4.98 Å². The largest absolute Gasteiger partial charge is 0.301 e. The fraction of sp³-hybridized carbons (Fsp3) is 0.333. The Morgan fingerprint density at radius 2 is 2.13 bits per heavy atom. The van der Waals surface area contributed by atoms with Crippen LogP contribution >= 0.6 is 23.1 Å². The third kappa shape index (κ3) is 3.70. The molecule has 2 aromatic rings.